The van der Waals surface area contributed by atoms with Gasteiger partial charge in [-0.05, 0) is 43.1 Å². The van der Waals surface area contributed by atoms with Crippen molar-refractivity contribution in [1.82, 2.24) is 5.32 Å². The zero-order chi connectivity index (χ0) is 15.2. The van der Waals surface area contributed by atoms with Gasteiger partial charge in [0.1, 0.15) is 5.82 Å². The van der Waals surface area contributed by atoms with Gasteiger partial charge in [0.2, 0.25) is 0 Å². The molecular weight excluding hydrogens is 329 g/mol. The number of halogens is 2. The van der Waals surface area contributed by atoms with E-state index in [0.29, 0.717) is 5.56 Å². The Morgan fingerprint density at radius 2 is 1.86 bits per heavy atom. The van der Waals surface area contributed by atoms with Crippen LogP contribution >= 0.6 is 15.9 Å². The van der Waals surface area contributed by atoms with Crippen LogP contribution in [0, 0.1) is 5.82 Å². The molecule has 1 unspecified atom stereocenters. The Bertz CT molecular complexity index is 560. The van der Waals surface area contributed by atoms with Crippen molar-refractivity contribution < 1.29 is 4.39 Å². The second-order valence-corrected chi connectivity index (χ2v) is 6.06. The van der Waals surface area contributed by atoms with Crippen molar-refractivity contribution in [3.63, 3.8) is 0 Å². The van der Waals surface area contributed by atoms with E-state index in [1.165, 1.54) is 24.5 Å². The molecule has 2 rings (SSSR count). The third-order valence-electron chi connectivity index (χ3n) is 3.71. The van der Waals surface area contributed by atoms with Crippen LogP contribution in [0.4, 0.5) is 4.39 Å². The van der Waals surface area contributed by atoms with Gasteiger partial charge in [0.15, 0.2) is 0 Å². The topological polar surface area (TPSA) is 12.0 Å². The molecule has 112 valence electrons. The van der Waals surface area contributed by atoms with Crippen molar-refractivity contribution in [2.75, 3.05) is 7.05 Å². The average molecular weight is 350 g/mol. The van der Waals surface area contributed by atoms with Crippen molar-refractivity contribution in [2.24, 2.45) is 0 Å². The van der Waals surface area contributed by atoms with Crippen molar-refractivity contribution >= 4 is 15.9 Å². The molecule has 1 atom stereocenters. The Labute approximate surface area is 134 Å². The first-order chi connectivity index (χ1) is 10.2. The molecular formula is C18H21BrFN. The summed E-state index contributed by atoms with van der Waals surface area (Å²) in [6.07, 6.45) is 3.50. The summed E-state index contributed by atoms with van der Waals surface area (Å²) in [6.45, 7) is 2.20. The zero-order valence-corrected chi connectivity index (χ0v) is 14.1. The third-order valence-corrected chi connectivity index (χ3v) is 4.40. The summed E-state index contributed by atoms with van der Waals surface area (Å²) in [5.41, 5.74) is 3.06. The van der Waals surface area contributed by atoms with E-state index in [2.05, 4.69) is 52.4 Å². The highest BCUT2D eigenvalue weighted by atomic mass is 79.9. The van der Waals surface area contributed by atoms with E-state index in [0.717, 1.165) is 16.5 Å². The lowest BCUT2D eigenvalue weighted by atomic mass is 9.96. The van der Waals surface area contributed by atoms with Gasteiger partial charge < -0.3 is 5.32 Å². The third kappa shape index (κ3) is 3.92. The molecule has 0 radical (unpaired) electrons. The fraction of sp³-hybridized carbons (Fsp3) is 0.333. The van der Waals surface area contributed by atoms with Crippen LogP contribution in [0.25, 0.3) is 0 Å². The average Bonchev–Trinajstić information content (AvgIpc) is 2.50. The quantitative estimate of drug-likeness (QED) is 0.751. The second-order valence-electron chi connectivity index (χ2n) is 5.20. The molecule has 21 heavy (non-hydrogen) atoms. The molecule has 1 nitrogen and oxygen atoms in total. The molecule has 0 aliphatic carbocycles. The lowest BCUT2D eigenvalue weighted by molar-refractivity contribution is 0.574. The lowest BCUT2D eigenvalue weighted by Gasteiger charge is -2.19. The molecule has 0 spiro atoms. The summed E-state index contributed by atoms with van der Waals surface area (Å²) in [6, 6.07) is 13.4. The first kappa shape index (κ1) is 16.2. The highest BCUT2D eigenvalue weighted by Crippen LogP contribution is 2.30. The van der Waals surface area contributed by atoms with Gasteiger partial charge in [0.25, 0.3) is 0 Å². The lowest BCUT2D eigenvalue weighted by Crippen LogP contribution is -2.19. The highest BCUT2D eigenvalue weighted by Gasteiger charge is 2.18. The minimum Gasteiger partial charge on any atom is -0.309 e. The van der Waals surface area contributed by atoms with E-state index in [1.807, 2.05) is 13.1 Å². The molecule has 0 bridgehead atoms. The molecule has 1 N–H and O–H groups in total. The normalized spacial score (nSPS) is 12.4. The van der Waals surface area contributed by atoms with Crippen LogP contribution in [0.2, 0.25) is 0 Å². The number of aryl methyl sites for hydroxylation is 1. The van der Waals surface area contributed by atoms with Crippen molar-refractivity contribution in [2.45, 2.75) is 32.2 Å². The number of hydrogen-bond acceptors (Lipinski definition) is 1. The first-order valence-corrected chi connectivity index (χ1v) is 8.16. The maximum Gasteiger partial charge on any atom is 0.129 e. The van der Waals surface area contributed by atoms with E-state index < -0.39 is 0 Å². The number of unbranched alkanes of at least 4 members (excludes halogenated alkanes) is 1. The second kappa shape index (κ2) is 7.71. The molecule has 3 heteroatoms. The minimum absolute atomic E-state index is 0.152. The molecule has 0 aromatic heterocycles. The van der Waals surface area contributed by atoms with Gasteiger partial charge in [0.05, 0.1) is 6.04 Å². The predicted molar refractivity (Wildman–Crippen MR) is 90.1 cm³/mol. The molecule has 2 aromatic carbocycles. The summed E-state index contributed by atoms with van der Waals surface area (Å²) in [5.74, 6) is -0.196. The summed E-state index contributed by atoms with van der Waals surface area (Å²) in [5, 5.41) is 3.21. The van der Waals surface area contributed by atoms with Gasteiger partial charge in [-0.15, -0.1) is 0 Å². The van der Waals surface area contributed by atoms with Gasteiger partial charge in [-0.2, -0.15) is 0 Å². The molecule has 0 aliphatic rings. The van der Waals surface area contributed by atoms with E-state index in [9.17, 15) is 4.39 Å². The smallest absolute Gasteiger partial charge is 0.129 e. The van der Waals surface area contributed by atoms with Gasteiger partial charge in [-0.3, -0.25) is 0 Å². The van der Waals surface area contributed by atoms with Crippen LogP contribution < -0.4 is 5.32 Å². The maximum absolute atomic E-state index is 14.1. The van der Waals surface area contributed by atoms with E-state index in [4.69, 9.17) is 0 Å². The van der Waals surface area contributed by atoms with E-state index in [-0.39, 0.29) is 11.9 Å². The zero-order valence-electron chi connectivity index (χ0n) is 12.5. The summed E-state index contributed by atoms with van der Waals surface area (Å²) >= 11 is 3.45. The SMILES string of the molecule is CCCCc1ccc(C(NC)c2c(F)cccc2Br)cc1. The molecule has 0 amide bonds. The van der Waals surface area contributed by atoms with Crippen LogP contribution in [-0.4, -0.2) is 7.05 Å². The Hall–Kier alpha value is -1.19. The molecule has 0 saturated heterocycles. The molecule has 0 saturated carbocycles. The van der Waals surface area contributed by atoms with Crippen molar-refractivity contribution in [3.05, 3.63) is 69.4 Å². The Morgan fingerprint density at radius 1 is 1.14 bits per heavy atom. The molecule has 2 aromatic rings. The van der Waals surface area contributed by atoms with Gasteiger partial charge in [-0.1, -0.05) is 59.6 Å². The van der Waals surface area contributed by atoms with Crippen LogP contribution in [0.1, 0.15) is 42.5 Å². The fourth-order valence-electron chi connectivity index (χ4n) is 2.52. The fourth-order valence-corrected chi connectivity index (χ4v) is 3.09. The first-order valence-electron chi connectivity index (χ1n) is 7.37. The maximum atomic E-state index is 14.1. The van der Waals surface area contributed by atoms with Crippen LogP contribution in [0.5, 0.6) is 0 Å². The van der Waals surface area contributed by atoms with Gasteiger partial charge >= 0.3 is 0 Å². The van der Waals surface area contributed by atoms with Crippen LogP contribution in [0.15, 0.2) is 46.9 Å². The largest absolute Gasteiger partial charge is 0.309 e. The number of nitrogens with one attached hydrogen (secondary N) is 1. The molecule has 0 fully saturated rings. The number of benzene rings is 2. The van der Waals surface area contributed by atoms with Gasteiger partial charge in [0, 0.05) is 10.0 Å². The van der Waals surface area contributed by atoms with Gasteiger partial charge in [-0.25, -0.2) is 4.39 Å². The Balaban J connectivity index is 2.29. The monoisotopic (exact) mass is 349 g/mol. The van der Waals surface area contributed by atoms with E-state index >= 15 is 0 Å². The summed E-state index contributed by atoms with van der Waals surface area (Å²) < 4.78 is 14.9. The molecule has 0 heterocycles. The summed E-state index contributed by atoms with van der Waals surface area (Å²) in [4.78, 5) is 0. The molecule has 0 aliphatic heterocycles. The Morgan fingerprint density at radius 3 is 2.43 bits per heavy atom. The number of hydrogen-bond donors (Lipinski definition) is 1. The highest BCUT2D eigenvalue weighted by molar-refractivity contribution is 9.10. The standard InChI is InChI=1S/C18H21BrFN/c1-3-4-6-13-9-11-14(12-10-13)18(21-2)17-15(19)7-5-8-16(17)20/h5,7-12,18,21H,3-4,6H2,1-2H3. The van der Waals surface area contributed by atoms with Crippen LogP contribution in [0.3, 0.4) is 0 Å². The Kier molecular flexibility index (Phi) is 5.95. The van der Waals surface area contributed by atoms with Crippen molar-refractivity contribution in [3.8, 4) is 0 Å². The minimum atomic E-state index is -0.196. The van der Waals surface area contributed by atoms with Crippen LogP contribution in [-0.2, 0) is 6.42 Å². The van der Waals surface area contributed by atoms with E-state index in [1.54, 1.807) is 6.07 Å². The predicted octanol–water partition coefficient (Wildman–Crippen LogP) is 5.24. The van der Waals surface area contributed by atoms with Crippen molar-refractivity contribution in [1.29, 1.82) is 0 Å². The number of rotatable bonds is 6. The summed E-state index contributed by atoms with van der Waals surface area (Å²) in [7, 11) is 1.86.